The fourth-order valence-corrected chi connectivity index (χ4v) is 8.84. The van der Waals surface area contributed by atoms with Crippen molar-refractivity contribution in [1.82, 2.24) is 0 Å². The molecule has 6 atom stereocenters. The molecule has 4 aliphatic rings. The number of imide groups is 2. The van der Waals surface area contributed by atoms with Crippen LogP contribution in [0.1, 0.15) is 36.8 Å². The van der Waals surface area contributed by atoms with Gasteiger partial charge in [0.25, 0.3) is 11.8 Å². The van der Waals surface area contributed by atoms with Gasteiger partial charge < -0.3 is 5.11 Å². The Labute approximate surface area is 273 Å². The number of hydrogen-bond donors (Lipinski definition) is 1. The van der Waals surface area contributed by atoms with Gasteiger partial charge in [-0.25, -0.2) is 9.29 Å². The highest BCUT2D eigenvalue weighted by molar-refractivity contribution is 6.58. The highest BCUT2D eigenvalue weighted by atomic mass is 35.5. The number of nitrogens with zero attached hydrogens (tertiary/aromatic N) is 2. The van der Waals surface area contributed by atoms with Gasteiger partial charge in [-0.15, -0.1) is 23.2 Å². The Morgan fingerprint density at radius 2 is 1.51 bits per heavy atom. The number of phenols is 1. The Balaban J connectivity index is 1.39. The molecule has 3 aromatic rings. The molecule has 0 aromatic heterocycles. The number of allylic oxidation sites excluding steroid dienone is 2. The van der Waals surface area contributed by atoms with E-state index in [2.05, 4.69) is 0 Å². The molecule has 11 heteroatoms. The second-order valence-corrected chi connectivity index (χ2v) is 13.6. The quantitative estimate of drug-likeness (QED) is 0.194. The molecule has 1 N–H and O–H groups in total. The minimum absolute atomic E-state index is 0.0784. The summed E-state index contributed by atoms with van der Waals surface area (Å²) in [6.45, 7) is 2.01. The largest absolute Gasteiger partial charge is 0.508 e. The third-order valence-corrected chi connectivity index (χ3v) is 11.5. The molecule has 3 aromatic carbocycles. The molecule has 4 amide bonds. The molecule has 2 aliphatic carbocycles. The van der Waals surface area contributed by atoms with Crippen molar-refractivity contribution < 1.29 is 28.7 Å². The van der Waals surface area contributed by atoms with Crippen molar-refractivity contribution in [1.29, 1.82) is 0 Å². The number of hydrogen-bond acceptors (Lipinski definition) is 5. The summed E-state index contributed by atoms with van der Waals surface area (Å²) >= 11 is 21.4. The number of fused-ring (bicyclic) bond motifs is 4. The number of anilines is 2. The number of halogens is 4. The molecule has 0 radical (unpaired) electrons. The number of carbonyl (C=O) groups is 4. The lowest BCUT2D eigenvalue weighted by molar-refractivity contribution is -0.125. The predicted molar refractivity (Wildman–Crippen MR) is 168 cm³/mol. The first-order chi connectivity index (χ1) is 21.4. The van der Waals surface area contributed by atoms with Crippen LogP contribution in [0, 0.1) is 23.6 Å². The third kappa shape index (κ3) is 4.08. The van der Waals surface area contributed by atoms with E-state index in [0.29, 0.717) is 16.8 Å². The molecular formula is C34H26Cl3FN2O5. The lowest BCUT2D eigenvalue weighted by Crippen LogP contribution is -2.60. The molecule has 2 aliphatic heterocycles. The number of rotatable bonds is 4. The second-order valence-electron chi connectivity index (χ2n) is 12.0. The fraction of sp³-hybridized carbons (Fsp3) is 0.294. The topological polar surface area (TPSA) is 95.0 Å². The van der Waals surface area contributed by atoms with E-state index < -0.39 is 57.0 Å². The Hall–Kier alpha value is -3.72. The van der Waals surface area contributed by atoms with Gasteiger partial charge >= 0.3 is 0 Å². The first-order valence-corrected chi connectivity index (χ1v) is 15.7. The molecule has 0 spiro atoms. The monoisotopic (exact) mass is 666 g/mol. The van der Waals surface area contributed by atoms with Gasteiger partial charge in [-0.2, -0.15) is 0 Å². The molecule has 2 saturated heterocycles. The molecule has 7 rings (SSSR count). The molecular weight excluding hydrogens is 642 g/mol. The maximum absolute atomic E-state index is 14.4. The van der Waals surface area contributed by atoms with Crippen LogP contribution in [0.2, 0.25) is 5.02 Å². The van der Waals surface area contributed by atoms with Crippen LogP contribution in [-0.4, -0.2) is 38.5 Å². The minimum atomic E-state index is -2.11. The first-order valence-electron chi connectivity index (χ1n) is 14.6. The van der Waals surface area contributed by atoms with Gasteiger partial charge in [0.05, 0.1) is 23.2 Å². The van der Waals surface area contributed by atoms with Crippen LogP contribution in [0.3, 0.4) is 0 Å². The van der Waals surface area contributed by atoms with Crippen molar-refractivity contribution in [3.63, 3.8) is 0 Å². The SMILES string of the molecule is CCc1ccc(N2C(=O)[C@H]3[C@H](CC=C4[C@H]3C[C@@]3(Cl)C(=O)N(c5ccc(F)cc5)C(=O)[C@@]3(Cl)[C@H]4c3ccc(O)cc3Cl)C2=O)cc1. The Morgan fingerprint density at radius 3 is 2.16 bits per heavy atom. The fourth-order valence-electron chi connectivity index (χ4n) is 7.63. The lowest BCUT2D eigenvalue weighted by Gasteiger charge is -2.50. The molecule has 2 heterocycles. The molecule has 0 bridgehead atoms. The molecule has 45 heavy (non-hydrogen) atoms. The zero-order valence-electron chi connectivity index (χ0n) is 23.8. The van der Waals surface area contributed by atoms with E-state index in [4.69, 9.17) is 34.8 Å². The summed E-state index contributed by atoms with van der Waals surface area (Å²) in [5.41, 5.74) is 2.49. The number of aromatic hydroxyl groups is 1. The number of phenolic OH excluding ortho intramolecular Hbond substituents is 1. The summed E-state index contributed by atoms with van der Waals surface area (Å²) < 4.78 is 13.8. The van der Waals surface area contributed by atoms with Crippen LogP contribution in [-0.2, 0) is 25.6 Å². The molecule has 230 valence electrons. The zero-order chi connectivity index (χ0) is 32.0. The van der Waals surface area contributed by atoms with Crippen molar-refractivity contribution in [3.8, 4) is 5.75 Å². The number of benzene rings is 3. The maximum Gasteiger partial charge on any atom is 0.258 e. The maximum atomic E-state index is 14.4. The van der Waals surface area contributed by atoms with Gasteiger partial charge in [0.15, 0.2) is 9.75 Å². The average molecular weight is 668 g/mol. The van der Waals surface area contributed by atoms with Crippen molar-refractivity contribution in [3.05, 3.63) is 100 Å². The predicted octanol–water partition coefficient (Wildman–Crippen LogP) is 6.52. The molecule has 0 unspecified atom stereocenters. The van der Waals surface area contributed by atoms with E-state index in [-0.39, 0.29) is 35.2 Å². The summed E-state index contributed by atoms with van der Waals surface area (Å²) in [7, 11) is 0. The van der Waals surface area contributed by atoms with Crippen molar-refractivity contribution in [2.24, 2.45) is 17.8 Å². The van der Waals surface area contributed by atoms with E-state index in [1.807, 2.05) is 25.1 Å². The van der Waals surface area contributed by atoms with Crippen LogP contribution >= 0.6 is 34.8 Å². The normalized spacial score (nSPS) is 30.7. The Kier molecular flexibility index (Phi) is 6.93. The van der Waals surface area contributed by atoms with Crippen molar-refractivity contribution >= 4 is 69.8 Å². The van der Waals surface area contributed by atoms with E-state index in [1.165, 1.54) is 35.2 Å². The highest BCUT2D eigenvalue weighted by Crippen LogP contribution is 2.66. The van der Waals surface area contributed by atoms with Crippen LogP contribution in [0.25, 0.3) is 0 Å². The van der Waals surface area contributed by atoms with Crippen molar-refractivity contribution in [2.75, 3.05) is 9.80 Å². The standard InChI is InChI=1S/C34H26Cl3FN2O5/c1-2-17-3-7-19(8-4-17)39-29(42)24-14-13-22-25(27(24)30(39)43)16-33(36)31(44)40(20-9-5-18(38)6-10-20)32(45)34(33,37)28(22)23-12-11-21(41)15-26(23)35/h3-13,15,24-25,27-28,41H,2,14,16H2,1H3/t24-,25+,27-,28+,33+,34-/m0/s1. The van der Waals surface area contributed by atoms with Crippen LogP contribution in [0.15, 0.2) is 78.4 Å². The number of carbonyl (C=O) groups excluding carboxylic acids is 4. The lowest BCUT2D eigenvalue weighted by atomic mass is 9.56. The van der Waals surface area contributed by atoms with Crippen molar-refractivity contribution in [2.45, 2.75) is 41.9 Å². The summed E-state index contributed by atoms with van der Waals surface area (Å²) in [6, 6.07) is 16.2. The summed E-state index contributed by atoms with van der Waals surface area (Å²) in [5, 5.41) is 10.2. The number of aryl methyl sites for hydroxylation is 1. The smallest absolute Gasteiger partial charge is 0.258 e. The number of amides is 4. The van der Waals surface area contributed by atoms with E-state index in [9.17, 15) is 28.7 Å². The second kappa shape index (κ2) is 10.4. The summed E-state index contributed by atoms with van der Waals surface area (Å²) in [6.07, 6.45) is 2.60. The van der Waals surface area contributed by atoms with Gasteiger partial charge in [0.1, 0.15) is 11.6 Å². The molecule has 3 fully saturated rings. The van der Waals surface area contributed by atoms with Gasteiger partial charge in [-0.05, 0) is 84.8 Å². The highest BCUT2D eigenvalue weighted by Gasteiger charge is 2.76. The first kappa shape index (κ1) is 30.0. The number of alkyl halides is 2. The van der Waals surface area contributed by atoms with Gasteiger partial charge in [0.2, 0.25) is 11.8 Å². The van der Waals surface area contributed by atoms with E-state index >= 15 is 0 Å². The molecule has 7 nitrogen and oxygen atoms in total. The Bertz CT molecular complexity index is 1830. The summed E-state index contributed by atoms with van der Waals surface area (Å²) in [4.78, 5) is 54.5. The van der Waals surface area contributed by atoms with E-state index in [0.717, 1.165) is 29.0 Å². The van der Waals surface area contributed by atoms with E-state index in [1.54, 1.807) is 12.1 Å². The Morgan fingerprint density at radius 1 is 0.867 bits per heavy atom. The third-order valence-electron chi connectivity index (χ3n) is 9.79. The summed E-state index contributed by atoms with van der Waals surface area (Å²) in [5.74, 6) is -6.54. The van der Waals surface area contributed by atoms with Crippen LogP contribution in [0.4, 0.5) is 15.8 Å². The van der Waals surface area contributed by atoms with Gasteiger partial charge in [0, 0.05) is 10.9 Å². The van der Waals surface area contributed by atoms with Crippen LogP contribution in [0.5, 0.6) is 5.75 Å². The van der Waals surface area contributed by atoms with Crippen LogP contribution < -0.4 is 9.80 Å². The zero-order valence-corrected chi connectivity index (χ0v) is 26.1. The minimum Gasteiger partial charge on any atom is -0.508 e. The van der Waals surface area contributed by atoms with Gasteiger partial charge in [-0.3, -0.25) is 24.1 Å². The average Bonchev–Trinajstić information content (AvgIpc) is 3.36. The molecule has 1 saturated carbocycles. The van der Waals surface area contributed by atoms with Gasteiger partial charge in [-0.1, -0.05) is 48.4 Å².